The van der Waals surface area contributed by atoms with Crippen LogP contribution in [-0.4, -0.2) is 32.2 Å². The van der Waals surface area contributed by atoms with Gasteiger partial charge in [-0.05, 0) is 37.3 Å². The zero-order valence-electron chi connectivity index (χ0n) is 9.80. The van der Waals surface area contributed by atoms with Gasteiger partial charge in [0.2, 0.25) is 5.88 Å². The minimum Gasteiger partial charge on any atom is -0.473 e. The normalized spacial score (nSPS) is 17.5. The van der Waals surface area contributed by atoms with Crippen molar-refractivity contribution in [2.24, 2.45) is 0 Å². The van der Waals surface area contributed by atoms with Crippen LogP contribution in [0, 0.1) is 6.92 Å². The number of rotatable bonds is 2. The summed E-state index contributed by atoms with van der Waals surface area (Å²) in [7, 11) is 0. The van der Waals surface area contributed by atoms with E-state index in [4.69, 9.17) is 4.74 Å². The molecule has 0 radical (unpaired) electrons. The van der Waals surface area contributed by atoms with Crippen molar-refractivity contribution in [3.05, 3.63) is 24.2 Å². The van der Waals surface area contributed by atoms with Crippen LogP contribution in [0.1, 0.15) is 18.5 Å². The Morgan fingerprint density at radius 1 is 1.41 bits per heavy atom. The minimum absolute atomic E-state index is 0.310. The first-order chi connectivity index (χ1) is 8.33. The van der Waals surface area contributed by atoms with Crippen LogP contribution >= 0.6 is 11.8 Å². The number of hydrogen-bond acceptors (Lipinski definition) is 4. The molecule has 0 aliphatic carbocycles. The highest BCUT2D eigenvalue weighted by Gasteiger charge is 2.17. The van der Waals surface area contributed by atoms with Gasteiger partial charge in [0.25, 0.3) is 0 Å². The van der Waals surface area contributed by atoms with Gasteiger partial charge in [0, 0.05) is 12.4 Å². The van der Waals surface area contributed by atoms with Crippen LogP contribution < -0.4 is 4.74 Å². The van der Waals surface area contributed by atoms with Crippen molar-refractivity contribution in [2.75, 3.05) is 11.5 Å². The highest BCUT2D eigenvalue weighted by atomic mass is 32.2. The fourth-order valence-electron chi connectivity index (χ4n) is 2.06. The summed E-state index contributed by atoms with van der Waals surface area (Å²) in [4.78, 5) is 4.32. The molecule has 5 heteroatoms. The van der Waals surface area contributed by atoms with Crippen LogP contribution in [0.5, 0.6) is 5.88 Å². The molecule has 0 saturated carbocycles. The third-order valence-corrected chi connectivity index (χ3v) is 3.97. The summed E-state index contributed by atoms with van der Waals surface area (Å²) in [5, 5.41) is 4.36. The summed E-state index contributed by atoms with van der Waals surface area (Å²) in [5.74, 6) is 3.09. The molecule has 4 nitrogen and oxygen atoms in total. The first-order valence-corrected chi connectivity index (χ1v) is 7.04. The zero-order chi connectivity index (χ0) is 11.7. The van der Waals surface area contributed by atoms with E-state index in [1.165, 1.54) is 11.5 Å². The van der Waals surface area contributed by atoms with Gasteiger partial charge in [-0.15, -0.1) is 0 Å². The molecule has 0 atom stereocenters. The van der Waals surface area contributed by atoms with E-state index in [2.05, 4.69) is 10.1 Å². The van der Waals surface area contributed by atoms with Crippen LogP contribution in [0.25, 0.3) is 5.52 Å². The predicted molar refractivity (Wildman–Crippen MR) is 68.7 cm³/mol. The summed E-state index contributed by atoms with van der Waals surface area (Å²) >= 11 is 2.00. The average Bonchev–Trinajstić information content (AvgIpc) is 2.72. The fourth-order valence-corrected chi connectivity index (χ4v) is 3.13. The SMILES string of the molecule is Cc1cc2c(OC3CCSCC3)nccn2n1. The van der Waals surface area contributed by atoms with Crippen molar-refractivity contribution >= 4 is 17.3 Å². The average molecular weight is 249 g/mol. The maximum Gasteiger partial charge on any atom is 0.240 e. The molecule has 90 valence electrons. The first-order valence-electron chi connectivity index (χ1n) is 5.88. The molecule has 3 rings (SSSR count). The van der Waals surface area contributed by atoms with E-state index >= 15 is 0 Å². The predicted octanol–water partition coefficient (Wildman–Crippen LogP) is 2.31. The molecule has 0 aromatic carbocycles. The minimum atomic E-state index is 0.310. The number of nitrogens with zero attached hydrogens (tertiary/aromatic N) is 3. The molecule has 0 N–H and O–H groups in total. The van der Waals surface area contributed by atoms with Crippen LogP contribution in [-0.2, 0) is 0 Å². The van der Waals surface area contributed by atoms with Gasteiger partial charge in [-0.3, -0.25) is 0 Å². The molecule has 0 amide bonds. The van der Waals surface area contributed by atoms with Crippen LogP contribution in [0.2, 0.25) is 0 Å². The number of fused-ring (bicyclic) bond motifs is 1. The highest BCUT2D eigenvalue weighted by molar-refractivity contribution is 7.99. The monoisotopic (exact) mass is 249 g/mol. The van der Waals surface area contributed by atoms with Crippen molar-refractivity contribution in [3.63, 3.8) is 0 Å². The Balaban J connectivity index is 1.88. The molecule has 1 fully saturated rings. The van der Waals surface area contributed by atoms with E-state index in [9.17, 15) is 0 Å². The number of aromatic nitrogens is 3. The number of aryl methyl sites for hydroxylation is 1. The molecule has 1 aliphatic rings. The third kappa shape index (κ3) is 2.24. The van der Waals surface area contributed by atoms with E-state index in [-0.39, 0.29) is 0 Å². The van der Waals surface area contributed by atoms with Crippen LogP contribution in [0.15, 0.2) is 18.5 Å². The van der Waals surface area contributed by atoms with Crippen molar-refractivity contribution in [2.45, 2.75) is 25.9 Å². The number of ether oxygens (including phenoxy) is 1. The maximum absolute atomic E-state index is 6.00. The molecular weight excluding hydrogens is 234 g/mol. The fraction of sp³-hybridized carbons (Fsp3) is 0.500. The van der Waals surface area contributed by atoms with Crippen molar-refractivity contribution in [3.8, 4) is 5.88 Å². The van der Waals surface area contributed by atoms with E-state index in [0.29, 0.717) is 12.0 Å². The van der Waals surface area contributed by atoms with E-state index in [1.54, 1.807) is 6.20 Å². The van der Waals surface area contributed by atoms with Gasteiger partial charge in [-0.25, -0.2) is 9.50 Å². The molecule has 1 saturated heterocycles. The lowest BCUT2D eigenvalue weighted by molar-refractivity contribution is 0.186. The molecule has 0 bridgehead atoms. The second-order valence-corrected chi connectivity index (χ2v) is 5.50. The molecule has 2 aromatic heterocycles. The molecule has 3 heterocycles. The Bertz CT molecular complexity index is 519. The summed E-state index contributed by atoms with van der Waals surface area (Å²) in [6.07, 6.45) is 6.13. The Labute approximate surface area is 104 Å². The quantitative estimate of drug-likeness (QED) is 0.819. The van der Waals surface area contributed by atoms with E-state index < -0.39 is 0 Å². The Morgan fingerprint density at radius 3 is 3.06 bits per heavy atom. The van der Waals surface area contributed by atoms with Gasteiger partial charge in [0.05, 0.1) is 5.69 Å². The molecule has 0 unspecified atom stereocenters. The van der Waals surface area contributed by atoms with Gasteiger partial charge in [0.15, 0.2) is 0 Å². The molecular formula is C12H15N3OS. The third-order valence-electron chi connectivity index (χ3n) is 2.92. The molecule has 17 heavy (non-hydrogen) atoms. The maximum atomic E-state index is 6.00. The number of hydrogen-bond donors (Lipinski definition) is 0. The Kier molecular flexibility index (Phi) is 2.93. The summed E-state index contributed by atoms with van der Waals surface area (Å²) in [6, 6.07) is 2.01. The molecule has 2 aromatic rings. The largest absolute Gasteiger partial charge is 0.473 e. The van der Waals surface area contributed by atoms with E-state index in [0.717, 1.165) is 24.1 Å². The lowest BCUT2D eigenvalue weighted by Gasteiger charge is -2.22. The van der Waals surface area contributed by atoms with Gasteiger partial charge in [0.1, 0.15) is 11.6 Å². The van der Waals surface area contributed by atoms with Crippen molar-refractivity contribution in [1.82, 2.24) is 14.6 Å². The lowest BCUT2D eigenvalue weighted by Crippen LogP contribution is -2.22. The Morgan fingerprint density at radius 2 is 2.24 bits per heavy atom. The van der Waals surface area contributed by atoms with Crippen molar-refractivity contribution in [1.29, 1.82) is 0 Å². The summed E-state index contributed by atoms with van der Waals surface area (Å²) in [5.41, 5.74) is 1.95. The second kappa shape index (κ2) is 4.56. The zero-order valence-corrected chi connectivity index (χ0v) is 10.6. The first kappa shape index (κ1) is 10.9. The van der Waals surface area contributed by atoms with Gasteiger partial charge < -0.3 is 4.74 Å². The summed E-state index contributed by atoms with van der Waals surface area (Å²) < 4.78 is 7.83. The Hall–Kier alpha value is -1.23. The number of thioether (sulfide) groups is 1. The van der Waals surface area contributed by atoms with Crippen LogP contribution in [0.3, 0.4) is 0 Å². The standard InChI is InChI=1S/C12H15N3OS/c1-9-8-11-12(13-4-5-15(11)14-9)16-10-2-6-17-7-3-10/h4-5,8,10H,2-3,6-7H2,1H3. The topological polar surface area (TPSA) is 39.4 Å². The van der Waals surface area contributed by atoms with E-state index in [1.807, 2.05) is 35.5 Å². The van der Waals surface area contributed by atoms with Gasteiger partial charge in [-0.2, -0.15) is 16.9 Å². The second-order valence-electron chi connectivity index (χ2n) is 4.28. The van der Waals surface area contributed by atoms with Gasteiger partial charge in [-0.1, -0.05) is 0 Å². The molecule has 1 aliphatic heterocycles. The van der Waals surface area contributed by atoms with Gasteiger partial charge >= 0.3 is 0 Å². The molecule has 0 spiro atoms. The highest BCUT2D eigenvalue weighted by Crippen LogP contribution is 2.24. The van der Waals surface area contributed by atoms with Crippen molar-refractivity contribution < 1.29 is 4.74 Å². The van der Waals surface area contributed by atoms with Crippen LogP contribution in [0.4, 0.5) is 0 Å². The summed E-state index contributed by atoms with van der Waals surface area (Å²) in [6.45, 7) is 1.98. The lowest BCUT2D eigenvalue weighted by atomic mass is 10.2. The smallest absolute Gasteiger partial charge is 0.240 e.